The van der Waals surface area contributed by atoms with Crippen LogP contribution in [-0.2, 0) is 19.2 Å². The number of aliphatic carboxylic acids is 1. The standard InChI is InChI=1S/C17H32N4O5S3/c1-9(2)6-12(17(25)26)20-15(23)11(4-5-29-3)19-16(24)13(8-28)21-14(22)10(18)7-27/h9-13,27-28H,4-8,18H2,1-3H3,(H,19,24)(H,20,23)(H,21,22)(H,25,26). The summed E-state index contributed by atoms with van der Waals surface area (Å²) in [5.41, 5.74) is 5.59. The summed E-state index contributed by atoms with van der Waals surface area (Å²) in [6.45, 7) is 3.70. The minimum atomic E-state index is -1.14. The highest BCUT2D eigenvalue weighted by atomic mass is 32.2. The topological polar surface area (TPSA) is 151 Å². The zero-order valence-electron chi connectivity index (χ0n) is 16.9. The van der Waals surface area contributed by atoms with E-state index < -0.39 is 47.9 Å². The third kappa shape index (κ3) is 11.0. The summed E-state index contributed by atoms with van der Waals surface area (Å²) in [5, 5.41) is 16.9. The minimum absolute atomic E-state index is 0.00116. The van der Waals surface area contributed by atoms with Crippen LogP contribution in [0, 0.1) is 5.92 Å². The largest absolute Gasteiger partial charge is 0.480 e. The van der Waals surface area contributed by atoms with Crippen molar-refractivity contribution < 1.29 is 24.3 Å². The van der Waals surface area contributed by atoms with E-state index in [0.717, 1.165) is 0 Å². The Hall–Kier alpha value is -1.11. The number of nitrogens with two attached hydrogens (primary N) is 1. The van der Waals surface area contributed by atoms with Gasteiger partial charge in [-0.25, -0.2) is 4.79 Å². The lowest BCUT2D eigenvalue weighted by Crippen LogP contribution is -2.58. The van der Waals surface area contributed by atoms with Crippen molar-refractivity contribution in [1.29, 1.82) is 0 Å². The van der Waals surface area contributed by atoms with Crippen LogP contribution in [0.5, 0.6) is 0 Å². The molecule has 0 aliphatic rings. The molecule has 0 aromatic rings. The van der Waals surface area contributed by atoms with E-state index in [1.165, 1.54) is 11.8 Å². The van der Waals surface area contributed by atoms with Gasteiger partial charge in [0.2, 0.25) is 17.7 Å². The lowest BCUT2D eigenvalue weighted by molar-refractivity contribution is -0.142. The molecule has 168 valence electrons. The first-order chi connectivity index (χ1) is 13.6. The lowest BCUT2D eigenvalue weighted by atomic mass is 10.0. The molecule has 0 aromatic carbocycles. The van der Waals surface area contributed by atoms with Gasteiger partial charge in [0, 0.05) is 11.5 Å². The van der Waals surface area contributed by atoms with Crippen molar-refractivity contribution in [2.75, 3.05) is 23.5 Å². The predicted octanol–water partition coefficient (Wildman–Crippen LogP) is -0.488. The van der Waals surface area contributed by atoms with Gasteiger partial charge in [-0.3, -0.25) is 14.4 Å². The van der Waals surface area contributed by atoms with Crippen molar-refractivity contribution in [3.63, 3.8) is 0 Å². The van der Waals surface area contributed by atoms with Gasteiger partial charge >= 0.3 is 5.97 Å². The Morgan fingerprint density at radius 3 is 1.90 bits per heavy atom. The quantitative estimate of drug-likeness (QED) is 0.170. The first kappa shape index (κ1) is 27.9. The average Bonchev–Trinajstić information content (AvgIpc) is 2.66. The smallest absolute Gasteiger partial charge is 0.326 e. The van der Waals surface area contributed by atoms with Gasteiger partial charge in [-0.1, -0.05) is 13.8 Å². The fourth-order valence-corrected chi connectivity index (χ4v) is 3.19. The van der Waals surface area contributed by atoms with Gasteiger partial charge in [-0.15, -0.1) is 0 Å². The molecule has 12 heteroatoms. The molecule has 0 saturated heterocycles. The Kier molecular flexibility index (Phi) is 14.2. The number of amides is 3. The summed E-state index contributed by atoms with van der Waals surface area (Å²) in [7, 11) is 0. The molecule has 0 aliphatic heterocycles. The van der Waals surface area contributed by atoms with E-state index in [-0.39, 0.29) is 23.8 Å². The molecule has 29 heavy (non-hydrogen) atoms. The maximum atomic E-state index is 12.6. The van der Waals surface area contributed by atoms with Crippen LogP contribution in [0.2, 0.25) is 0 Å². The molecule has 0 fully saturated rings. The number of hydrogen-bond acceptors (Lipinski definition) is 8. The van der Waals surface area contributed by atoms with Gasteiger partial charge in [-0.2, -0.15) is 37.0 Å². The average molecular weight is 469 g/mol. The van der Waals surface area contributed by atoms with Crippen molar-refractivity contribution in [1.82, 2.24) is 16.0 Å². The van der Waals surface area contributed by atoms with Crippen molar-refractivity contribution in [3.05, 3.63) is 0 Å². The Morgan fingerprint density at radius 2 is 1.45 bits per heavy atom. The molecular formula is C17H32N4O5S3. The van der Waals surface area contributed by atoms with E-state index in [0.29, 0.717) is 12.2 Å². The van der Waals surface area contributed by atoms with Crippen LogP contribution in [-0.4, -0.2) is 76.5 Å². The second kappa shape index (κ2) is 14.8. The molecule has 0 heterocycles. The zero-order chi connectivity index (χ0) is 22.6. The molecule has 9 nitrogen and oxygen atoms in total. The monoisotopic (exact) mass is 468 g/mol. The van der Waals surface area contributed by atoms with Crippen LogP contribution in [0.4, 0.5) is 0 Å². The van der Waals surface area contributed by atoms with Crippen LogP contribution in [0.3, 0.4) is 0 Å². The van der Waals surface area contributed by atoms with Crippen molar-refractivity contribution in [2.45, 2.75) is 50.9 Å². The molecular weight excluding hydrogens is 436 g/mol. The highest BCUT2D eigenvalue weighted by molar-refractivity contribution is 7.98. The summed E-state index contributed by atoms with van der Waals surface area (Å²) >= 11 is 9.50. The summed E-state index contributed by atoms with van der Waals surface area (Å²) in [5.74, 6) is -2.13. The molecule has 0 spiro atoms. The molecule has 0 radical (unpaired) electrons. The van der Waals surface area contributed by atoms with Gasteiger partial charge in [-0.05, 0) is 30.8 Å². The summed E-state index contributed by atoms with van der Waals surface area (Å²) < 4.78 is 0. The Balaban J connectivity index is 5.19. The SMILES string of the molecule is CSCCC(NC(=O)C(CS)NC(=O)C(N)CS)C(=O)NC(CC(C)C)C(=O)O. The van der Waals surface area contributed by atoms with E-state index in [1.807, 2.05) is 20.1 Å². The second-order valence-electron chi connectivity index (χ2n) is 6.90. The molecule has 6 N–H and O–H groups in total. The maximum absolute atomic E-state index is 12.6. The second-order valence-corrected chi connectivity index (χ2v) is 8.62. The minimum Gasteiger partial charge on any atom is -0.480 e. The van der Waals surface area contributed by atoms with Crippen molar-refractivity contribution >= 4 is 60.7 Å². The van der Waals surface area contributed by atoms with E-state index >= 15 is 0 Å². The van der Waals surface area contributed by atoms with Gasteiger partial charge in [0.25, 0.3) is 0 Å². The van der Waals surface area contributed by atoms with E-state index in [4.69, 9.17) is 5.73 Å². The van der Waals surface area contributed by atoms with Crippen LogP contribution >= 0.6 is 37.0 Å². The number of carbonyl (C=O) groups excluding carboxylic acids is 3. The maximum Gasteiger partial charge on any atom is 0.326 e. The Morgan fingerprint density at radius 1 is 0.931 bits per heavy atom. The number of rotatable bonds is 14. The number of nitrogens with one attached hydrogen (secondary N) is 3. The molecule has 0 bridgehead atoms. The summed E-state index contributed by atoms with van der Waals surface area (Å²) in [6.07, 6.45) is 2.42. The summed E-state index contributed by atoms with van der Waals surface area (Å²) in [6, 6.07) is -3.87. The van der Waals surface area contributed by atoms with Gasteiger partial charge in [0.1, 0.15) is 18.1 Å². The van der Waals surface area contributed by atoms with Crippen LogP contribution in [0.1, 0.15) is 26.7 Å². The van der Waals surface area contributed by atoms with Crippen molar-refractivity contribution in [3.8, 4) is 0 Å². The van der Waals surface area contributed by atoms with E-state index in [9.17, 15) is 24.3 Å². The number of thiol groups is 2. The Labute approximate surface area is 186 Å². The number of carboxylic acids is 1. The highest BCUT2D eigenvalue weighted by Gasteiger charge is 2.29. The number of carbonyl (C=O) groups is 4. The number of thioether (sulfide) groups is 1. The predicted molar refractivity (Wildman–Crippen MR) is 122 cm³/mol. The molecule has 0 saturated carbocycles. The van der Waals surface area contributed by atoms with Gasteiger partial charge in [0.05, 0.1) is 6.04 Å². The first-order valence-corrected chi connectivity index (χ1v) is 11.8. The van der Waals surface area contributed by atoms with Crippen LogP contribution in [0.25, 0.3) is 0 Å². The summed E-state index contributed by atoms with van der Waals surface area (Å²) in [4.78, 5) is 48.5. The van der Waals surface area contributed by atoms with E-state index in [2.05, 4.69) is 41.2 Å². The fraction of sp³-hybridized carbons (Fsp3) is 0.765. The first-order valence-electron chi connectivity index (χ1n) is 9.17. The van der Waals surface area contributed by atoms with E-state index in [1.54, 1.807) is 0 Å². The fourth-order valence-electron chi connectivity index (χ4n) is 2.30. The lowest BCUT2D eigenvalue weighted by Gasteiger charge is -2.24. The zero-order valence-corrected chi connectivity index (χ0v) is 19.5. The molecule has 4 atom stereocenters. The van der Waals surface area contributed by atoms with Crippen LogP contribution in [0.15, 0.2) is 0 Å². The van der Waals surface area contributed by atoms with Gasteiger partial charge < -0.3 is 26.8 Å². The number of carboxylic acid groups (broad SMARTS) is 1. The molecule has 0 aromatic heterocycles. The molecule has 0 aliphatic carbocycles. The third-order valence-electron chi connectivity index (χ3n) is 3.91. The van der Waals surface area contributed by atoms with Crippen LogP contribution < -0.4 is 21.7 Å². The third-order valence-corrected chi connectivity index (χ3v) is 5.32. The molecule has 3 amide bonds. The normalized spacial score (nSPS) is 15.1. The molecule has 4 unspecified atom stereocenters. The Bertz CT molecular complexity index is 565. The highest BCUT2D eigenvalue weighted by Crippen LogP contribution is 2.07. The van der Waals surface area contributed by atoms with Crippen molar-refractivity contribution in [2.24, 2.45) is 11.7 Å². The number of hydrogen-bond donors (Lipinski definition) is 7. The van der Waals surface area contributed by atoms with Gasteiger partial charge in [0.15, 0.2) is 0 Å². The molecule has 0 rings (SSSR count).